The van der Waals surface area contributed by atoms with E-state index in [1.54, 1.807) is 11.3 Å². The van der Waals surface area contributed by atoms with E-state index in [4.69, 9.17) is 0 Å². The summed E-state index contributed by atoms with van der Waals surface area (Å²) in [6.07, 6.45) is 11.0. The lowest BCUT2D eigenvalue weighted by Gasteiger charge is -2.45. The van der Waals surface area contributed by atoms with Crippen molar-refractivity contribution < 1.29 is 19.5 Å². The zero-order chi connectivity index (χ0) is 21.5. The molecule has 5 aliphatic rings. The highest BCUT2D eigenvalue weighted by atomic mass is 32.1. The van der Waals surface area contributed by atoms with Gasteiger partial charge in [-0.3, -0.25) is 14.4 Å². The normalized spacial score (nSPS) is 30.0. The highest BCUT2D eigenvalue weighted by Gasteiger charge is 2.50. The first-order valence-electron chi connectivity index (χ1n) is 12.0. The standard InChI is InChI=1S/C24H32N2O4S/c27-21(18-14-8-10-15(11-9-14)19(18)24(29)30)25-22-20(16-6-2-3-7-17(16)31-22)23(28)26-12-4-1-5-13-26/h14-15,18-19H,1-13H2,(H,25,27)(H,29,30)/t14?,15?,18-,19-/m0/s1. The number of carboxylic acid groups (broad SMARTS) is 1. The first-order chi connectivity index (χ1) is 15.0. The summed E-state index contributed by atoms with van der Waals surface area (Å²) in [7, 11) is 0. The lowest BCUT2D eigenvalue weighted by molar-refractivity contribution is -0.156. The summed E-state index contributed by atoms with van der Waals surface area (Å²) >= 11 is 1.55. The molecule has 1 aromatic rings. The van der Waals surface area contributed by atoms with Crippen molar-refractivity contribution in [2.75, 3.05) is 18.4 Å². The number of piperidine rings is 1. The molecule has 1 saturated heterocycles. The number of carbonyl (C=O) groups is 3. The number of aliphatic carboxylic acids is 1. The summed E-state index contributed by atoms with van der Waals surface area (Å²) in [5.41, 5.74) is 1.82. The Bertz CT molecular complexity index is 880. The van der Waals surface area contributed by atoms with Crippen molar-refractivity contribution in [3.8, 4) is 0 Å². The van der Waals surface area contributed by atoms with Crippen molar-refractivity contribution >= 4 is 34.1 Å². The number of amides is 2. The number of carbonyl (C=O) groups excluding carboxylic acids is 2. The average Bonchev–Trinajstić information content (AvgIpc) is 3.16. The number of nitrogens with zero attached hydrogens (tertiary/aromatic N) is 1. The molecule has 7 heteroatoms. The van der Waals surface area contributed by atoms with Crippen LogP contribution in [0.1, 0.15) is 78.6 Å². The third kappa shape index (κ3) is 3.79. The maximum Gasteiger partial charge on any atom is 0.307 e. The highest BCUT2D eigenvalue weighted by Crippen LogP contribution is 2.50. The summed E-state index contributed by atoms with van der Waals surface area (Å²) in [4.78, 5) is 42.1. The molecule has 1 aliphatic heterocycles. The van der Waals surface area contributed by atoms with Gasteiger partial charge in [0.1, 0.15) is 5.00 Å². The molecule has 168 valence electrons. The fourth-order valence-electron chi connectivity index (χ4n) is 6.51. The van der Waals surface area contributed by atoms with E-state index in [1.165, 1.54) is 4.88 Å². The molecule has 2 bridgehead atoms. The molecule has 2 N–H and O–H groups in total. The first-order valence-corrected chi connectivity index (χ1v) is 12.8. The Kier molecular flexibility index (Phi) is 5.80. The molecule has 3 saturated carbocycles. The molecule has 6 nitrogen and oxygen atoms in total. The van der Waals surface area contributed by atoms with Gasteiger partial charge in [0.15, 0.2) is 0 Å². The van der Waals surface area contributed by atoms with E-state index in [0.29, 0.717) is 10.6 Å². The predicted octanol–water partition coefficient (Wildman–Crippen LogP) is 4.33. The van der Waals surface area contributed by atoms with Gasteiger partial charge in [-0.15, -0.1) is 11.3 Å². The van der Waals surface area contributed by atoms with Gasteiger partial charge in [0, 0.05) is 18.0 Å². The van der Waals surface area contributed by atoms with Crippen LogP contribution in [0.2, 0.25) is 0 Å². The number of aryl methyl sites for hydroxylation is 1. The summed E-state index contributed by atoms with van der Waals surface area (Å²) in [6, 6.07) is 0. The Morgan fingerprint density at radius 3 is 2.19 bits per heavy atom. The van der Waals surface area contributed by atoms with Crippen molar-refractivity contribution in [1.29, 1.82) is 0 Å². The summed E-state index contributed by atoms with van der Waals surface area (Å²) in [5.74, 6) is -1.82. The van der Waals surface area contributed by atoms with Crippen LogP contribution in [0.3, 0.4) is 0 Å². The Morgan fingerprint density at radius 1 is 0.871 bits per heavy atom. The molecule has 31 heavy (non-hydrogen) atoms. The molecule has 6 rings (SSSR count). The van der Waals surface area contributed by atoms with Crippen LogP contribution < -0.4 is 5.32 Å². The number of rotatable bonds is 4. The van der Waals surface area contributed by atoms with Crippen LogP contribution in [0.25, 0.3) is 0 Å². The van der Waals surface area contributed by atoms with Crippen LogP contribution in [0, 0.1) is 23.7 Å². The quantitative estimate of drug-likeness (QED) is 0.724. The highest BCUT2D eigenvalue weighted by molar-refractivity contribution is 7.17. The lowest BCUT2D eigenvalue weighted by Crippen LogP contribution is -2.49. The second-order valence-corrected chi connectivity index (χ2v) is 10.9. The maximum absolute atomic E-state index is 13.5. The zero-order valence-electron chi connectivity index (χ0n) is 18.0. The minimum absolute atomic E-state index is 0.0503. The number of nitrogens with one attached hydrogen (secondary N) is 1. The number of fused-ring (bicyclic) bond motifs is 4. The van der Waals surface area contributed by atoms with E-state index in [-0.39, 0.29) is 23.7 Å². The molecule has 1 aromatic heterocycles. The van der Waals surface area contributed by atoms with Crippen molar-refractivity contribution in [1.82, 2.24) is 4.90 Å². The molecular weight excluding hydrogens is 412 g/mol. The molecule has 4 aliphatic carbocycles. The van der Waals surface area contributed by atoms with Gasteiger partial charge in [-0.1, -0.05) is 0 Å². The first kappa shape index (κ1) is 21.0. The number of likely N-dealkylation sites (tertiary alicyclic amines) is 1. The van der Waals surface area contributed by atoms with Crippen LogP contribution >= 0.6 is 11.3 Å². The average molecular weight is 445 g/mol. The second-order valence-electron chi connectivity index (χ2n) is 9.82. The van der Waals surface area contributed by atoms with Crippen LogP contribution in [-0.2, 0) is 22.4 Å². The van der Waals surface area contributed by atoms with Gasteiger partial charge in [-0.05, 0) is 88.0 Å². The zero-order valence-corrected chi connectivity index (χ0v) is 18.8. The molecular formula is C24H32N2O4S. The van der Waals surface area contributed by atoms with Gasteiger partial charge in [0.25, 0.3) is 5.91 Å². The van der Waals surface area contributed by atoms with Crippen molar-refractivity contribution in [2.45, 2.75) is 70.6 Å². The minimum Gasteiger partial charge on any atom is -0.481 e. The van der Waals surface area contributed by atoms with E-state index in [2.05, 4.69) is 5.32 Å². The Hall–Kier alpha value is -1.89. The number of anilines is 1. The number of hydrogen-bond donors (Lipinski definition) is 2. The van der Waals surface area contributed by atoms with E-state index < -0.39 is 17.8 Å². The van der Waals surface area contributed by atoms with E-state index in [0.717, 1.165) is 89.3 Å². The monoisotopic (exact) mass is 444 g/mol. The molecule has 0 aromatic carbocycles. The van der Waals surface area contributed by atoms with Crippen molar-refractivity contribution in [3.63, 3.8) is 0 Å². The lowest BCUT2D eigenvalue weighted by atomic mass is 9.58. The van der Waals surface area contributed by atoms with Gasteiger partial charge in [0.05, 0.1) is 17.4 Å². The number of hydrogen-bond acceptors (Lipinski definition) is 4. The Morgan fingerprint density at radius 2 is 1.52 bits per heavy atom. The van der Waals surface area contributed by atoms with Crippen LogP contribution in [-0.4, -0.2) is 40.9 Å². The SMILES string of the molecule is O=C(O)[C@H]1C2CCC(CC2)[C@@H]1C(=O)Nc1sc2c(c1C(=O)N1CCCCC1)CCCC2. The molecule has 0 radical (unpaired) electrons. The maximum atomic E-state index is 13.5. The van der Waals surface area contributed by atoms with Gasteiger partial charge < -0.3 is 15.3 Å². The number of carboxylic acids is 1. The topological polar surface area (TPSA) is 86.7 Å². The van der Waals surface area contributed by atoms with E-state index >= 15 is 0 Å². The Labute approximate surface area is 187 Å². The van der Waals surface area contributed by atoms with Gasteiger partial charge in [-0.2, -0.15) is 0 Å². The van der Waals surface area contributed by atoms with Crippen molar-refractivity contribution in [2.24, 2.45) is 23.7 Å². The summed E-state index contributed by atoms with van der Waals surface area (Å²) in [6.45, 7) is 1.56. The van der Waals surface area contributed by atoms with Crippen LogP contribution in [0.4, 0.5) is 5.00 Å². The molecule has 2 heterocycles. The smallest absolute Gasteiger partial charge is 0.307 e. The largest absolute Gasteiger partial charge is 0.481 e. The Balaban J connectivity index is 1.44. The molecule has 2 amide bonds. The molecule has 0 spiro atoms. The van der Waals surface area contributed by atoms with Gasteiger partial charge in [0.2, 0.25) is 5.91 Å². The molecule has 0 unspecified atom stereocenters. The second kappa shape index (κ2) is 8.57. The minimum atomic E-state index is -0.843. The predicted molar refractivity (Wildman–Crippen MR) is 119 cm³/mol. The van der Waals surface area contributed by atoms with Gasteiger partial charge >= 0.3 is 5.97 Å². The van der Waals surface area contributed by atoms with Crippen LogP contribution in [0.5, 0.6) is 0 Å². The van der Waals surface area contributed by atoms with Gasteiger partial charge in [-0.25, -0.2) is 0 Å². The summed E-state index contributed by atoms with van der Waals surface area (Å²) in [5, 5.41) is 13.6. The number of thiophene rings is 1. The van der Waals surface area contributed by atoms with Crippen molar-refractivity contribution in [3.05, 3.63) is 16.0 Å². The fraction of sp³-hybridized carbons (Fsp3) is 0.708. The van der Waals surface area contributed by atoms with E-state index in [1.807, 2.05) is 4.90 Å². The molecule has 2 atom stereocenters. The third-order valence-corrected chi connectivity index (χ3v) is 9.28. The van der Waals surface area contributed by atoms with E-state index in [9.17, 15) is 19.5 Å². The molecule has 4 fully saturated rings. The summed E-state index contributed by atoms with van der Waals surface area (Å²) < 4.78 is 0. The third-order valence-electron chi connectivity index (χ3n) is 8.07. The van der Waals surface area contributed by atoms with Crippen LogP contribution in [0.15, 0.2) is 0 Å². The fourth-order valence-corrected chi connectivity index (χ4v) is 7.80.